The number of ether oxygens (including phenoxy) is 1. The Labute approximate surface area is 100 Å². The van der Waals surface area contributed by atoms with Crippen LogP contribution in [-0.4, -0.2) is 12.1 Å². The molecule has 0 saturated heterocycles. The molecule has 0 atom stereocenters. The number of hydrogen-bond donors (Lipinski definition) is 1. The molecular formula is C13H16N2O2. The zero-order chi connectivity index (χ0) is 12.4. The van der Waals surface area contributed by atoms with Crippen molar-refractivity contribution < 1.29 is 9.15 Å². The van der Waals surface area contributed by atoms with Gasteiger partial charge < -0.3 is 14.9 Å². The Morgan fingerprint density at radius 2 is 1.94 bits per heavy atom. The maximum Gasteiger partial charge on any atom is 0.208 e. The van der Waals surface area contributed by atoms with Gasteiger partial charge in [-0.05, 0) is 37.1 Å². The lowest BCUT2D eigenvalue weighted by molar-refractivity contribution is 0.414. The zero-order valence-corrected chi connectivity index (χ0v) is 10.3. The van der Waals surface area contributed by atoms with E-state index in [4.69, 9.17) is 14.9 Å². The number of rotatable bonds is 3. The Balaban J connectivity index is 2.51. The number of hydrogen-bond acceptors (Lipinski definition) is 4. The van der Waals surface area contributed by atoms with Crippen molar-refractivity contribution >= 4 is 0 Å². The SMILES string of the molecule is COc1cc(C)c(-c2cnc(CN)o2)c(C)c1. The molecule has 1 aromatic carbocycles. The first kappa shape index (κ1) is 11.7. The van der Waals surface area contributed by atoms with E-state index in [0.29, 0.717) is 12.4 Å². The van der Waals surface area contributed by atoms with E-state index in [0.717, 1.165) is 28.2 Å². The molecule has 0 radical (unpaired) electrons. The summed E-state index contributed by atoms with van der Waals surface area (Å²) in [5, 5.41) is 0. The van der Waals surface area contributed by atoms with Crippen molar-refractivity contribution in [2.24, 2.45) is 5.73 Å². The van der Waals surface area contributed by atoms with E-state index in [-0.39, 0.29) is 0 Å². The van der Waals surface area contributed by atoms with Gasteiger partial charge in [-0.3, -0.25) is 0 Å². The van der Waals surface area contributed by atoms with Gasteiger partial charge in [0, 0.05) is 5.56 Å². The van der Waals surface area contributed by atoms with Crippen molar-refractivity contribution in [1.29, 1.82) is 0 Å². The lowest BCUT2D eigenvalue weighted by Gasteiger charge is -2.09. The molecule has 0 unspecified atom stereocenters. The van der Waals surface area contributed by atoms with E-state index in [2.05, 4.69) is 4.98 Å². The highest BCUT2D eigenvalue weighted by Gasteiger charge is 2.12. The lowest BCUT2D eigenvalue weighted by Crippen LogP contribution is -1.95. The molecule has 90 valence electrons. The highest BCUT2D eigenvalue weighted by Crippen LogP contribution is 2.31. The van der Waals surface area contributed by atoms with Crippen molar-refractivity contribution in [1.82, 2.24) is 4.98 Å². The number of aryl methyl sites for hydroxylation is 2. The van der Waals surface area contributed by atoms with Gasteiger partial charge in [-0.15, -0.1) is 0 Å². The summed E-state index contributed by atoms with van der Waals surface area (Å²) in [5.41, 5.74) is 8.74. The van der Waals surface area contributed by atoms with Crippen LogP contribution >= 0.6 is 0 Å². The van der Waals surface area contributed by atoms with Crippen molar-refractivity contribution in [2.45, 2.75) is 20.4 Å². The van der Waals surface area contributed by atoms with Crippen molar-refractivity contribution in [3.05, 3.63) is 35.3 Å². The van der Waals surface area contributed by atoms with Gasteiger partial charge in [0.2, 0.25) is 5.89 Å². The summed E-state index contributed by atoms with van der Waals surface area (Å²) < 4.78 is 10.8. The Morgan fingerprint density at radius 1 is 1.29 bits per heavy atom. The summed E-state index contributed by atoms with van der Waals surface area (Å²) in [6.45, 7) is 4.36. The predicted octanol–water partition coefficient (Wildman–Crippen LogP) is 2.43. The number of oxazole rings is 1. The van der Waals surface area contributed by atoms with Crippen LogP contribution in [0.15, 0.2) is 22.7 Å². The predicted molar refractivity (Wildman–Crippen MR) is 65.9 cm³/mol. The molecule has 4 heteroatoms. The van der Waals surface area contributed by atoms with Crippen LogP contribution in [0, 0.1) is 13.8 Å². The number of nitrogens with two attached hydrogens (primary N) is 1. The molecule has 2 N–H and O–H groups in total. The van der Waals surface area contributed by atoms with Gasteiger partial charge in [0.25, 0.3) is 0 Å². The molecule has 2 aromatic rings. The van der Waals surface area contributed by atoms with Gasteiger partial charge in [0.05, 0.1) is 19.9 Å². The van der Waals surface area contributed by atoms with Gasteiger partial charge in [0.1, 0.15) is 5.75 Å². The molecule has 1 aromatic heterocycles. The minimum Gasteiger partial charge on any atom is -0.497 e. The first-order valence-electron chi connectivity index (χ1n) is 5.46. The molecule has 0 aliphatic carbocycles. The highest BCUT2D eigenvalue weighted by atomic mass is 16.5. The Hall–Kier alpha value is -1.81. The molecule has 0 amide bonds. The van der Waals surface area contributed by atoms with Crippen LogP contribution in [0.4, 0.5) is 0 Å². The average molecular weight is 232 g/mol. The zero-order valence-electron chi connectivity index (χ0n) is 10.3. The Kier molecular flexibility index (Phi) is 3.15. The molecule has 0 bridgehead atoms. The van der Waals surface area contributed by atoms with E-state index >= 15 is 0 Å². The van der Waals surface area contributed by atoms with Crippen LogP contribution in [0.25, 0.3) is 11.3 Å². The van der Waals surface area contributed by atoms with Crippen LogP contribution in [0.3, 0.4) is 0 Å². The molecule has 1 heterocycles. The molecule has 17 heavy (non-hydrogen) atoms. The number of nitrogens with zero attached hydrogens (tertiary/aromatic N) is 1. The third-order valence-corrected chi connectivity index (χ3v) is 2.72. The standard InChI is InChI=1S/C13H16N2O2/c1-8-4-10(16-3)5-9(2)13(8)11-7-15-12(6-14)17-11/h4-5,7H,6,14H2,1-3H3. The topological polar surface area (TPSA) is 61.3 Å². The van der Waals surface area contributed by atoms with Gasteiger partial charge in [0.15, 0.2) is 5.76 Å². The van der Waals surface area contributed by atoms with E-state index < -0.39 is 0 Å². The fourth-order valence-electron chi connectivity index (χ4n) is 1.95. The van der Waals surface area contributed by atoms with Gasteiger partial charge in [-0.25, -0.2) is 4.98 Å². The summed E-state index contributed by atoms with van der Waals surface area (Å²) in [6, 6.07) is 3.96. The second kappa shape index (κ2) is 4.59. The first-order valence-corrected chi connectivity index (χ1v) is 5.46. The van der Waals surface area contributed by atoms with Crippen LogP contribution in [-0.2, 0) is 6.54 Å². The molecular weight excluding hydrogens is 216 g/mol. The number of methoxy groups -OCH3 is 1. The Morgan fingerprint density at radius 3 is 2.41 bits per heavy atom. The molecule has 0 fully saturated rings. The minimum absolute atomic E-state index is 0.314. The van der Waals surface area contributed by atoms with E-state index in [1.165, 1.54) is 0 Å². The second-order valence-corrected chi connectivity index (χ2v) is 3.96. The summed E-state index contributed by atoms with van der Waals surface area (Å²) in [4.78, 5) is 4.11. The smallest absolute Gasteiger partial charge is 0.208 e. The molecule has 0 aliphatic rings. The highest BCUT2D eigenvalue weighted by molar-refractivity contribution is 5.67. The maximum absolute atomic E-state index is 5.58. The Bertz CT molecular complexity index is 509. The average Bonchev–Trinajstić information content (AvgIpc) is 2.76. The van der Waals surface area contributed by atoms with Crippen molar-refractivity contribution in [3.8, 4) is 17.1 Å². The van der Waals surface area contributed by atoms with Gasteiger partial charge in [-0.2, -0.15) is 0 Å². The fourth-order valence-corrected chi connectivity index (χ4v) is 1.95. The van der Waals surface area contributed by atoms with Gasteiger partial charge in [-0.1, -0.05) is 0 Å². The monoisotopic (exact) mass is 232 g/mol. The van der Waals surface area contributed by atoms with E-state index in [1.54, 1.807) is 13.3 Å². The van der Waals surface area contributed by atoms with Crippen LogP contribution in [0.1, 0.15) is 17.0 Å². The minimum atomic E-state index is 0.314. The lowest BCUT2D eigenvalue weighted by atomic mass is 10.0. The van der Waals surface area contributed by atoms with Crippen molar-refractivity contribution in [3.63, 3.8) is 0 Å². The largest absolute Gasteiger partial charge is 0.497 e. The van der Waals surface area contributed by atoms with E-state index in [1.807, 2.05) is 26.0 Å². The molecule has 0 spiro atoms. The number of benzene rings is 1. The summed E-state index contributed by atoms with van der Waals surface area (Å²) in [6.07, 6.45) is 1.71. The van der Waals surface area contributed by atoms with Crippen LogP contribution < -0.4 is 10.5 Å². The third kappa shape index (κ3) is 2.17. The normalized spacial score (nSPS) is 10.6. The molecule has 2 rings (SSSR count). The summed E-state index contributed by atoms with van der Waals surface area (Å²) in [7, 11) is 1.66. The first-order chi connectivity index (χ1) is 8.15. The summed E-state index contributed by atoms with van der Waals surface area (Å²) >= 11 is 0. The van der Waals surface area contributed by atoms with Gasteiger partial charge >= 0.3 is 0 Å². The molecule has 4 nitrogen and oxygen atoms in total. The third-order valence-electron chi connectivity index (χ3n) is 2.72. The second-order valence-electron chi connectivity index (χ2n) is 3.96. The van der Waals surface area contributed by atoms with Crippen LogP contribution in [0.2, 0.25) is 0 Å². The molecule has 0 saturated carbocycles. The maximum atomic E-state index is 5.58. The van der Waals surface area contributed by atoms with Crippen molar-refractivity contribution in [2.75, 3.05) is 7.11 Å². The van der Waals surface area contributed by atoms with Crippen LogP contribution in [0.5, 0.6) is 5.75 Å². The molecule has 0 aliphatic heterocycles. The van der Waals surface area contributed by atoms with E-state index in [9.17, 15) is 0 Å². The number of aromatic nitrogens is 1. The fraction of sp³-hybridized carbons (Fsp3) is 0.308. The summed E-state index contributed by atoms with van der Waals surface area (Å²) in [5.74, 6) is 2.15. The quantitative estimate of drug-likeness (QED) is 0.882.